The topological polar surface area (TPSA) is 58.7 Å². The van der Waals surface area contributed by atoms with E-state index in [1.807, 2.05) is 0 Å². The standard InChI is InChI=1S/C12H26N2O2S/c1-12(2,11(13)17)5-4-6-14(3)7-9-16-10-8-15/h15H,4-10H2,1-3H3,(H2,13,17). The Hall–Kier alpha value is -0.230. The average molecular weight is 262 g/mol. The van der Waals surface area contributed by atoms with Crippen molar-refractivity contribution in [1.82, 2.24) is 4.90 Å². The van der Waals surface area contributed by atoms with Crippen LogP contribution >= 0.6 is 12.2 Å². The second-order valence-corrected chi connectivity index (χ2v) is 5.43. The monoisotopic (exact) mass is 262 g/mol. The summed E-state index contributed by atoms with van der Waals surface area (Å²) < 4.78 is 5.21. The lowest BCUT2D eigenvalue weighted by atomic mass is 9.88. The average Bonchev–Trinajstić information content (AvgIpc) is 2.24. The summed E-state index contributed by atoms with van der Waals surface area (Å²) in [4.78, 5) is 2.80. The molecule has 0 aliphatic carbocycles. The molecule has 0 aromatic rings. The maximum atomic E-state index is 8.55. The highest BCUT2D eigenvalue weighted by atomic mass is 32.1. The zero-order valence-electron chi connectivity index (χ0n) is 11.2. The molecule has 4 nitrogen and oxygen atoms in total. The smallest absolute Gasteiger partial charge is 0.0784 e. The van der Waals surface area contributed by atoms with Crippen molar-refractivity contribution in [3.63, 3.8) is 0 Å². The van der Waals surface area contributed by atoms with E-state index >= 15 is 0 Å². The first-order valence-corrected chi connectivity index (χ1v) is 6.48. The number of ether oxygens (including phenoxy) is 1. The molecule has 5 heteroatoms. The fourth-order valence-corrected chi connectivity index (χ4v) is 1.51. The fourth-order valence-electron chi connectivity index (χ4n) is 1.41. The first kappa shape index (κ1) is 16.8. The van der Waals surface area contributed by atoms with E-state index in [1.54, 1.807) is 0 Å². The van der Waals surface area contributed by atoms with Gasteiger partial charge >= 0.3 is 0 Å². The van der Waals surface area contributed by atoms with Crippen LogP contribution in [0.1, 0.15) is 26.7 Å². The van der Waals surface area contributed by atoms with E-state index in [0.717, 1.165) is 25.9 Å². The summed E-state index contributed by atoms with van der Waals surface area (Å²) in [5.41, 5.74) is 5.62. The molecule has 0 saturated carbocycles. The zero-order chi connectivity index (χ0) is 13.3. The summed E-state index contributed by atoms with van der Waals surface area (Å²) in [6.45, 7) is 7.23. The molecule has 0 radical (unpaired) electrons. The highest BCUT2D eigenvalue weighted by Crippen LogP contribution is 2.22. The van der Waals surface area contributed by atoms with Crippen molar-refractivity contribution in [3.8, 4) is 0 Å². The van der Waals surface area contributed by atoms with Crippen molar-refractivity contribution < 1.29 is 9.84 Å². The minimum Gasteiger partial charge on any atom is -0.394 e. The quantitative estimate of drug-likeness (QED) is 0.455. The van der Waals surface area contributed by atoms with Crippen molar-refractivity contribution in [1.29, 1.82) is 0 Å². The normalized spacial score (nSPS) is 12.1. The number of aliphatic hydroxyl groups is 1. The predicted molar refractivity (Wildman–Crippen MR) is 75.2 cm³/mol. The summed E-state index contributed by atoms with van der Waals surface area (Å²) >= 11 is 5.03. The Balaban J connectivity index is 3.57. The van der Waals surface area contributed by atoms with Crippen molar-refractivity contribution in [2.75, 3.05) is 40.0 Å². The number of rotatable bonds is 10. The minimum atomic E-state index is -0.0520. The molecule has 0 saturated heterocycles. The minimum absolute atomic E-state index is 0.0520. The maximum Gasteiger partial charge on any atom is 0.0784 e. The van der Waals surface area contributed by atoms with Crippen LogP contribution in [0, 0.1) is 5.41 Å². The van der Waals surface area contributed by atoms with Crippen molar-refractivity contribution in [2.24, 2.45) is 11.1 Å². The zero-order valence-corrected chi connectivity index (χ0v) is 12.1. The van der Waals surface area contributed by atoms with Gasteiger partial charge in [0.1, 0.15) is 0 Å². The van der Waals surface area contributed by atoms with Crippen LogP contribution in [0.15, 0.2) is 0 Å². The largest absolute Gasteiger partial charge is 0.394 e. The molecule has 0 spiro atoms. The maximum absolute atomic E-state index is 8.55. The molecule has 0 aromatic carbocycles. The predicted octanol–water partition coefficient (Wildman–Crippen LogP) is 1.02. The molecule has 0 amide bonds. The molecule has 0 aliphatic rings. The Morgan fingerprint density at radius 1 is 1.35 bits per heavy atom. The Morgan fingerprint density at radius 3 is 2.53 bits per heavy atom. The highest BCUT2D eigenvalue weighted by Gasteiger charge is 2.20. The van der Waals surface area contributed by atoms with Gasteiger partial charge in [-0.05, 0) is 26.4 Å². The van der Waals surface area contributed by atoms with E-state index in [9.17, 15) is 0 Å². The Bertz CT molecular complexity index is 223. The third kappa shape index (κ3) is 8.49. The van der Waals surface area contributed by atoms with Gasteiger partial charge in [0.25, 0.3) is 0 Å². The van der Waals surface area contributed by atoms with Crippen LogP contribution in [0.5, 0.6) is 0 Å². The molecular weight excluding hydrogens is 236 g/mol. The SMILES string of the molecule is CN(CCCC(C)(C)C(N)=S)CCOCCO. The third-order valence-corrected chi connectivity index (χ3v) is 3.41. The molecule has 0 aromatic heterocycles. The van der Waals surface area contributed by atoms with Gasteiger partial charge in [-0.25, -0.2) is 0 Å². The lowest BCUT2D eigenvalue weighted by Crippen LogP contribution is -2.31. The van der Waals surface area contributed by atoms with Gasteiger partial charge in [-0.15, -0.1) is 0 Å². The van der Waals surface area contributed by atoms with Crippen molar-refractivity contribution in [2.45, 2.75) is 26.7 Å². The molecule has 0 unspecified atom stereocenters. The molecular formula is C12H26N2O2S. The number of nitrogens with two attached hydrogens (primary N) is 1. The van der Waals surface area contributed by atoms with Crippen LogP contribution in [0.25, 0.3) is 0 Å². The van der Waals surface area contributed by atoms with Gasteiger partial charge < -0.3 is 20.5 Å². The first-order chi connectivity index (χ1) is 7.90. The van der Waals surface area contributed by atoms with Gasteiger partial charge in [-0.2, -0.15) is 0 Å². The third-order valence-electron chi connectivity index (χ3n) is 2.86. The summed E-state index contributed by atoms with van der Waals surface area (Å²) in [5.74, 6) is 0. The van der Waals surface area contributed by atoms with Crippen LogP contribution < -0.4 is 5.73 Å². The van der Waals surface area contributed by atoms with Gasteiger partial charge in [0.05, 0.1) is 24.8 Å². The molecule has 0 aliphatic heterocycles. The van der Waals surface area contributed by atoms with E-state index in [0.29, 0.717) is 18.2 Å². The number of thiocarbonyl (C=S) groups is 1. The Kier molecular flexibility index (Phi) is 8.68. The molecule has 102 valence electrons. The summed E-state index contributed by atoms with van der Waals surface area (Å²) in [7, 11) is 2.07. The van der Waals surface area contributed by atoms with E-state index in [2.05, 4.69) is 25.8 Å². The van der Waals surface area contributed by atoms with Gasteiger partial charge in [0.2, 0.25) is 0 Å². The van der Waals surface area contributed by atoms with E-state index in [-0.39, 0.29) is 12.0 Å². The number of likely N-dealkylation sites (N-methyl/N-ethyl adjacent to an activating group) is 1. The fraction of sp³-hybridized carbons (Fsp3) is 0.917. The lowest BCUT2D eigenvalue weighted by molar-refractivity contribution is 0.0779. The highest BCUT2D eigenvalue weighted by molar-refractivity contribution is 7.80. The molecule has 0 fully saturated rings. The number of hydrogen-bond donors (Lipinski definition) is 2. The molecule has 17 heavy (non-hydrogen) atoms. The molecule has 0 atom stereocenters. The second kappa shape index (κ2) is 8.80. The summed E-state index contributed by atoms with van der Waals surface area (Å²) in [6, 6.07) is 0. The van der Waals surface area contributed by atoms with Gasteiger partial charge in [0, 0.05) is 12.0 Å². The second-order valence-electron chi connectivity index (χ2n) is 4.99. The van der Waals surface area contributed by atoms with Gasteiger partial charge in [-0.1, -0.05) is 26.1 Å². The van der Waals surface area contributed by atoms with Crippen LogP contribution in [0.3, 0.4) is 0 Å². The first-order valence-electron chi connectivity index (χ1n) is 6.07. The Labute approximate surface area is 110 Å². The van der Waals surface area contributed by atoms with Crippen LogP contribution in [0.4, 0.5) is 0 Å². The van der Waals surface area contributed by atoms with Crippen LogP contribution in [-0.2, 0) is 4.74 Å². The van der Waals surface area contributed by atoms with Crippen LogP contribution in [0.2, 0.25) is 0 Å². The molecule has 3 N–H and O–H groups in total. The van der Waals surface area contributed by atoms with E-state index in [1.165, 1.54) is 0 Å². The summed E-state index contributed by atoms with van der Waals surface area (Å²) in [6.07, 6.45) is 2.07. The van der Waals surface area contributed by atoms with Crippen LogP contribution in [-0.4, -0.2) is 55.0 Å². The number of nitrogens with zero attached hydrogens (tertiary/aromatic N) is 1. The van der Waals surface area contributed by atoms with Gasteiger partial charge in [-0.3, -0.25) is 0 Å². The van der Waals surface area contributed by atoms with Gasteiger partial charge in [0.15, 0.2) is 0 Å². The molecule has 0 rings (SSSR count). The summed E-state index contributed by atoms with van der Waals surface area (Å²) in [5, 5.41) is 8.55. The Morgan fingerprint density at radius 2 is 2.00 bits per heavy atom. The van der Waals surface area contributed by atoms with Crippen molar-refractivity contribution in [3.05, 3.63) is 0 Å². The van der Waals surface area contributed by atoms with Crippen molar-refractivity contribution >= 4 is 17.2 Å². The number of aliphatic hydroxyl groups excluding tert-OH is 1. The van der Waals surface area contributed by atoms with E-state index in [4.69, 9.17) is 27.8 Å². The number of hydrogen-bond acceptors (Lipinski definition) is 4. The van der Waals surface area contributed by atoms with E-state index < -0.39 is 0 Å². The molecule has 0 bridgehead atoms. The molecule has 0 heterocycles. The lowest BCUT2D eigenvalue weighted by Gasteiger charge is -2.24.